The summed E-state index contributed by atoms with van der Waals surface area (Å²) in [5.74, 6) is -1.39. The minimum Gasteiger partial charge on any atom is -0.480 e. The molecule has 0 aliphatic heterocycles. The van der Waals surface area contributed by atoms with Gasteiger partial charge in [-0.05, 0) is 48.4 Å². The van der Waals surface area contributed by atoms with Gasteiger partial charge in [-0.25, -0.2) is 9.78 Å². The molecule has 0 aliphatic carbocycles. The molecule has 4 rings (SSSR count). The van der Waals surface area contributed by atoms with Gasteiger partial charge in [-0.3, -0.25) is 9.78 Å². The molecule has 172 valence electrons. The molecule has 0 bridgehead atoms. The molecule has 10 heteroatoms. The van der Waals surface area contributed by atoms with Gasteiger partial charge < -0.3 is 25.6 Å². The number of aromatic carboxylic acids is 1. The normalized spacial score (nSPS) is 10.7. The Morgan fingerprint density at radius 1 is 1.03 bits per heavy atom. The molecule has 10 nitrogen and oxygen atoms in total. The van der Waals surface area contributed by atoms with Gasteiger partial charge in [0.15, 0.2) is 0 Å². The van der Waals surface area contributed by atoms with E-state index in [4.69, 9.17) is 15.2 Å². The van der Waals surface area contributed by atoms with Crippen LogP contribution in [0.2, 0.25) is 0 Å². The van der Waals surface area contributed by atoms with Gasteiger partial charge in [-0.2, -0.15) is 4.98 Å². The molecule has 4 aromatic rings. The number of pyridine rings is 1. The van der Waals surface area contributed by atoms with E-state index in [1.807, 2.05) is 19.1 Å². The van der Waals surface area contributed by atoms with E-state index >= 15 is 0 Å². The van der Waals surface area contributed by atoms with E-state index < -0.39 is 11.9 Å². The van der Waals surface area contributed by atoms with Crippen LogP contribution in [0.3, 0.4) is 0 Å². The Morgan fingerprint density at radius 3 is 2.50 bits per heavy atom. The predicted octanol–water partition coefficient (Wildman–Crippen LogP) is 3.56. The number of aromatic nitrogens is 3. The SMILES string of the molecule is COc1ncc(-c2cc3ncc(C(N)=O)c(Nc4cccc(C(=O)O)c4)c3cc2C)c(OC)n1. The number of carbonyl (C=O) groups excluding carboxylic acids is 1. The minimum atomic E-state index is -1.06. The largest absolute Gasteiger partial charge is 0.480 e. The van der Waals surface area contributed by atoms with Gasteiger partial charge in [0.05, 0.1) is 42.1 Å². The van der Waals surface area contributed by atoms with Crippen molar-refractivity contribution in [1.82, 2.24) is 15.0 Å². The second-order valence-corrected chi connectivity index (χ2v) is 7.39. The van der Waals surface area contributed by atoms with Gasteiger partial charge in [0.1, 0.15) is 0 Å². The predicted molar refractivity (Wildman–Crippen MR) is 126 cm³/mol. The van der Waals surface area contributed by atoms with Crippen molar-refractivity contribution in [3.05, 3.63) is 65.5 Å². The Bertz CT molecular complexity index is 1440. The molecule has 0 saturated carbocycles. The number of nitrogens with zero attached hydrogens (tertiary/aromatic N) is 3. The van der Waals surface area contributed by atoms with Crippen LogP contribution >= 0.6 is 0 Å². The highest BCUT2D eigenvalue weighted by molar-refractivity contribution is 6.08. The Labute approximate surface area is 194 Å². The fraction of sp³-hybridized carbons (Fsp3) is 0.125. The highest BCUT2D eigenvalue weighted by atomic mass is 16.5. The summed E-state index contributed by atoms with van der Waals surface area (Å²) in [7, 11) is 2.98. The lowest BCUT2D eigenvalue weighted by atomic mass is 9.98. The number of anilines is 2. The van der Waals surface area contributed by atoms with E-state index in [1.165, 1.54) is 32.5 Å². The lowest BCUT2D eigenvalue weighted by Gasteiger charge is -2.16. The van der Waals surface area contributed by atoms with Crippen molar-refractivity contribution in [2.45, 2.75) is 6.92 Å². The van der Waals surface area contributed by atoms with Gasteiger partial charge in [-0.1, -0.05) is 6.07 Å². The third-order valence-corrected chi connectivity index (χ3v) is 5.26. The number of nitrogens with one attached hydrogen (secondary N) is 1. The second-order valence-electron chi connectivity index (χ2n) is 7.39. The molecule has 0 atom stereocenters. The molecule has 2 aromatic carbocycles. The highest BCUT2D eigenvalue weighted by Crippen LogP contribution is 2.37. The van der Waals surface area contributed by atoms with Crippen molar-refractivity contribution < 1.29 is 24.2 Å². The zero-order valence-corrected chi connectivity index (χ0v) is 18.6. The summed E-state index contributed by atoms with van der Waals surface area (Å²) >= 11 is 0. The van der Waals surface area contributed by atoms with Crippen LogP contribution in [0.1, 0.15) is 26.3 Å². The van der Waals surface area contributed by atoms with E-state index in [2.05, 4.69) is 20.3 Å². The Morgan fingerprint density at radius 2 is 1.82 bits per heavy atom. The summed E-state index contributed by atoms with van der Waals surface area (Å²) in [6, 6.07) is 10.1. The first-order valence-electron chi connectivity index (χ1n) is 10.1. The van der Waals surface area contributed by atoms with Crippen molar-refractivity contribution in [3.63, 3.8) is 0 Å². The molecular weight excluding hydrogens is 438 g/mol. The van der Waals surface area contributed by atoms with Gasteiger partial charge in [0.2, 0.25) is 5.88 Å². The van der Waals surface area contributed by atoms with Gasteiger partial charge >= 0.3 is 12.0 Å². The third-order valence-electron chi connectivity index (χ3n) is 5.26. The van der Waals surface area contributed by atoms with Crippen LogP contribution in [-0.2, 0) is 0 Å². The van der Waals surface area contributed by atoms with Crippen molar-refractivity contribution in [2.75, 3.05) is 19.5 Å². The second kappa shape index (κ2) is 9.02. The molecule has 0 spiro atoms. The van der Waals surface area contributed by atoms with E-state index in [9.17, 15) is 14.7 Å². The lowest BCUT2D eigenvalue weighted by molar-refractivity contribution is 0.0696. The maximum atomic E-state index is 12.2. The average molecular weight is 459 g/mol. The van der Waals surface area contributed by atoms with Crippen LogP contribution in [0.25, 0.3) is 22.0 Å². The number of carboxylic acid groups (broad SMARTS) is 1. The first-order valence-corrected chi connectivity index (χ1v) is 10.1. The molecule has 0 fully saturated rings. The van der Waals surface area contributed by atoms with E-state index in [0.717, 1.165) is 11.1 Å². The number of hydrogen-bond donors (Lipinski definition) is 3. The quantitative estimate of drug-likeness (QED) is 0.377. The zero-order valence-electron chi connectivity index (χ0n) is 18.6. The van der Waals surface area contributed by atoms with Crippen LogP contribution in [0, 0.1) is 6.92 Å². The van der Waals surface area contributed by atoms with Crippen LogP contribution in [-0.4, -0.2) is 46.2 Å². The number of nitrogens with two attached hydrogens (primary N) is 1. The molecule has 0 aliphatic rings. The molecular formula is C24H21N5O5. The van der Waals surface area contributed by atoms with Crippen LogP contribution < -0.4 is 20.5 Å². The molecule has 1 amide bonds. The molecule has 2 aromatic heterocycles. The summed E-state index contributed by atoms with van der Waals surface area (Å²) in [5, 5.41) is 13.1. The number of carbonyl (C=O) groups is 2. The number of benzene rings is 2. The Kier molecular flexibility index (Phi) is 5.96. The Hall–Kier alpha value is -4.73. The number of carboxylic acids is 1. The first kappa shape index (κ1) is 22.5. The number of hydrogen-bond acceptors (Lipinski definition) is 8. The molecule has 34 heavy (non-hydrogen) atoms. The zero-order chi connectivity index (χ0) is 24.4. The fourth-order valence-corrected chi connectivity index (χ4v) is 3.62. The maximum absolute atomic E-state index is 12.2. The fourth-order valence-electron chi connectivity index (χ4n) is 3.62. The Balaban J connectivity index is 1.89. The smallest absolute Gasteiger partial charge is 0.335 e. The van der Waals surface area contributed by atoms with Crippen molar-refractivity contribution in [2.24, 2.45) is 5.73 Å². The average Bonchev–Trinajstić information content (AvgIpc) is 2.83. The number of amides is 1. The number of aryl methyl sites for hydroxylation is 1. The standard InChI is InChI=1S/C24H21N5O5/c1-12-7-16-19(9-15(12)17-10-27-24(34-3)29-22(17)33-2)26-11-18(21(25)30)20(16)28-14-6-4-5-13(8-14)23(31)32/h4-11H,1-3H3,(H2,25,30)(H,26,28)(H,31,32). The summed E-state index contributed by atoms with van der Waals surface area (Å²) in [6.07, 6.45) is 2.99. The summed E-state index contributed by atoms with van der Waals surface area (Å²) in [6.45, 7) is 1.89. The minimum absolute atomic E-state index is 0.106. The maximum Gasteiger partial charge on any atom is 0.335 e. The van der Waals surface area contributed by atoms with Gasteiger partial charge in [0, 0.05) is 23.5 Å². The van der Waals surface area contributed by atoms with Crippen molar-refractivity contribution >= 4 is 34.2 Å². The van der Waals surface area contributed by atoms with Gasteiger partial charge in [0.25, 0.3) is 5.91 Å². The van der Waals surface area contributed by atoms with E-state index in [-0.39, 0.29) is 17.1 Å². The molecule has 4 N–H and O–H groups in total. The molecule has 0 saturated heterocycles. The monoisotopic (exact) mass is 459 g/mol. The van der Waals surface area contributed by atoms with Crippen molar-refractivity contribution in [3.8, 4) is 23.0 Å². The topological polar surface area (TPSA) is 150 Å². The van der Waals surface area contributed by atoms with Crippen LogP contribution in [0.4, 0.5) is 11.4 Å². The molecule has 2 heterocycles. The number of primary amides is 1. The third kappa shape index (κ3) is 4.16. The number of rotatable bonds is 7. The van der Waals surface area contributed by atoms with Crippen LogP contribution in [0.15, 0.2) is 48.8 Å². The number of ether oxygens (including phenoxy) is 2. The summed E-state index contributed by atoms with van der Waals surface area (Å²) < 4.78 is 10.5. The number of methoxy groups -OCH3 is 2. The highest BCUT2D eigenvalue weighted by Gasteiger charge is 2.18. The molecule has 0 radical (unpaired) electrons. The molecule has 0 unspecified atom stereocenters. The first-order chi connectivity index (χ1) is 16.3. The van der Waals surface area contributed by atoms with Gasteiger partial charge in [-0.15, -0.1) is 0 Å². The summed E-state index contributed by atoms with van der Waals surface area (Å²) in [5.41, 5.74) is 9.63. The van der Waals surface area contributed by atoms with Crippen molar-refractivity contribution in [1.29, 1.82) is 0 Å². The van der Waals surface area contributed by atoms with E-state index in [1.54, 1.807) is 18.3 Å². The number of fused-ring (bicyclic) bond motifs is 1. The lowest BCUT2D eigenvalue weighted by Crippen LogP contribution is -2.14. The summed E-state index contributed by atoms with van der Waals surface area (Å²) in [4.78, 5) is 36.4. The van der Waals surface area contributed by atoms with E-state index in [0.29, 0.717) is 33.7 Å². The van der Waals surface area contributed by atoms with Crippen LogP contribution in [0.5, 0.6) is 11.9 Å².